The first kappa shape index (κ1) is 46.6. The SMILES string of the molecule is CC(C)CC1CCCC(NC(=O)CC(C(=O)NC2CCCC(CC(C)C)C2)C(CC(=O)NC2CCCC(CC(C)C)C2)C(=O)NC2CCCC(CC(C)C)C2)C1. The van der Waals surface area contributed by atoms with Crippen molar-refractivity contribution in [3.05, 3.63) is 0 Å². The zero-order chi connectivity index (χ0) is 40.8. The summed E-state index contributed by atoms with van der Waals surface area (Å²) in [5.41, 5.74) is 0. The third kappa shape index (κ3) is 16.6. The first-order valence-electron chi connectivity index (χ1n) is 23.8. The molecular weight excluding hydrogens is 697 g/mol. The van der Waals surface area contributed by atoms with Crippen LogP contribution in [0.25, 0.3) is 0 Å². The number of nitrogens with one attached hydrogen (secondary N) is 4. The second-order valence-electron chi connectivity index (χ2n) is 21.2. The van der Waals surface area contributed by atoms with Crippen LogP contribution < -0.4 is 21.3 Å². The fourth-order valence-electron chi connectivity index (χ4n) is 11.6. The van der Waals surface area contributed by atoms with Gasteiger partial charge in [-0.15, -0.1) is 0 Å². The smallest absolute Gasteiger partial charge is 0.224 e. The summed E-state index contributed by atoms with van der Waals surface area (Å²) in [5, 5.41) is 13.4. The molecule has 10 atom stereocenters. The Morgan fingerprint density at radius 1 is 0.393 bits per heavy atom. The molecule has 10 unspecified atom stereocenters. The van der Waals surface area contributed by atoms with Crippen molar-refractivity contribution in [3.8, 4) is 0 Å². The van der Waals surface area contributed by atoms with Crippen LogP contribution in [0.5, 0.6) is 0 Å². The molecule has 8 nitrogen and oxygen atoms in total. The second kappa shape index (κ2) is 23.5. The van der Waals surface area contributed by atoms with Crippen molar-refractivity contribution >= 4 is 23.6 Å². The van der Waals surface area contributed by atoms with Gasteiger partial charge in [-0.05, 0) is 124 Å². The van der Waals surface area contributed by atoms with Crippen LogP contribution in [0.3, 0.4) is 0 Å². The van der Waals surface area contributed by atoms with E-state index >= 15 is 0 Å². The summed E-state index contributed by atoms with van der Waals surface area (Å²) in [4.78, 5) is 57.5. The molecule has 0 heterocycles. The van der Waals surface area contributed by atoms with Crippen LogP contribution in [0.4, 0.5) is 0 Å². The first-order chi connectivity index (χ1) is 26.6. The number of carbonyl (C=O) groups excluding carboxylic acids is 4. The fraction of sp³-hybridized carbons (Fsp3) is 0.917. The maximum atomic E-state index is 14.7. The van der Waals surface area contributed by atoms with Gasteiger partial charge in [-0.1, -0.05) is 107 Å². The number of carbonyl (C=O) groups is 4. The van der Waals surface area contributed by atoms with Gasteiger partial charge >= 0.3 is 0 Å². The molecule has 4 aliphatic rings. The van der Waals surface area contributed by atoms with Gasteiger partial charge in [0.2, 0.25) is 23.6 Å². The van der Waals surface area contributed by atoms with Crippen molar-refractivity contribution in [2.75, 3.05) is 0 Å². The molecular formula is C48H86N4O4. The highest BCUT2D eigenvalue weighted by Gasteiger charge is 2.40. The summed E-state index contributed by atoms with van der Waals surface area (Å²) >= 11 is 0. The lowest BCUT2D eigenvalue weighted by molar-refractivity contribution is -0.141. The average Bonchev–Trinajstić information content (AvgIpc) is 3.09. The Morgan fingerprint density at radius 2 is 0.643 bits per heavy atom. The molecule has 0 radical (unpaired) electrons. The summed E-state index contributed by atoms with van der Waals surface area (Å²) < 4.78 is 0. The van der Waals surface area contributed by atoms with Crippen molar-refractivity contribution in [1.29, 1.82) is 0 Å². The minimum absolute atomic E-state index is 0.0218. The average molecular weight is 783 g/mol. The first-order valence-corrected chi connectivity index (χ1v) is 23.8. The van der Waals surface area contributed by atoms with Crippen molar-refractivity contribution < 1.29 is 19.2 Å². The van der Waals surface area contributed by atoms with Gasteiger partial charge in [-0.25, -0.2) is 0 Å². The Labute approximate surface area is 343 Å². The molecule has 322 valence electrons. The molecule has 0 spiro atoms. The summed E-state index contributed by atoms with van der Waals surface area (Å²) in [5.74, 6) is 2.09. The number of amides is 4. The van der Waals surface area contributed by atoms with Crippen molar-refractivity contribution in [3.63, 3.8) is 0 Å². The van der Waals surface area contributed by atoms with E-state index in [1.54, 1.807) is 0 Å². The van der Waals surface area contributed by atoms with Crippen molar-refractivity contribution in [1.82, 2.24) is 21.3 Å². The topological polar surface area (TPSA) is 116 Å². The van der Waals surface area contributed by atoms with Crippen molar-refractivity contribution in [2.45, 2.75) is 221 Å². The third-order valence-electron chi connectivity index (χ3n) is 13.7. The largest absolute Gasteiger partial charge is 0.353 e. The molecule has 4 rings (SSSR count). The molecule has 0 aromatic heterocycles. The van der Waals surface area contributed by atoms with E-state index in [4.69, 9.17) is 0 Å². The fourth-order valence-corrected chi connectivity index (χ4v) is 11.6. The highest BCUT2D eigenvalue weighted by molar-refractivity contribution is 5.94. The monoisotopic (exact) mass is 783 g/mol. The van der Waals surface area contributed by atoms with Crippen LogP contribution in [0.2, 0.25) is 0 Å². The standard InChI is InChI=1S/C48H86N4O4/c1-31(2)21-35-13-9-17-39(25-35)49-45(53)29-43(47(55)51-41-19-11-15-37(27-41)23-33(5)6)44(48(56)52-42-20-12-16-38(28-42)24-34(7)8)30-46(54)50-40-18-10-14-36(26-40)22-32(3)4/h31-44H,9-30H2,1-8H3,(H,49,53)(H,50,54)(H,51,55)(H,52,56). The van der Waals surface area contributed by atoms with Gasteiger partial charge in [-0.2, -0.15) is 0 Å². The van der Waals surface area contributed by atoms with E-state index in [0.717, 1.165) is 103 Å². The highest BCUT2D eigenvalue weighted by Crippen LogP contribution is 2.34. The third-order valence-corrected chi connectivity index (χ3v) is 13.7. The van der Waals surface area contributed by atoms with Crippen LogP contribution in [0.1, 0.15) is 197 Å². The van der Waals surface area contributed by atoms with E-state index < -0.39 is 11.8 Å². The molecule has 0 bridgehead atoms. The molecule has 4 saturated carbocycles. The molecule has 0 saturated heterocycles. The summed E-state index contributed by atoms with van der Waals surface area (Å²) in [6.07, 6.45) is 21.0. The maximum absolute atomic E-state index is 14.7. The molecule has 56 heavy (non-hydrogen) atoms. The maximum Gasteiger partial charge on any atom is 0.224 e. The Hall–Kier alpha value is -2.12. The van der Waals surface area contributed by atoms with Gasteiger partial charge in [-0.3, -0.25) is 19.2 Å². The van der Waals surface area contributed by atoms with E-state index in [0.29, 0.717) is 47.3 Å². The summed E-state index contributed by atoms with van der Waals surface area (Å²) in [6, 6.07) is 0.210. The van der Waals surface area contributed by atoms with Gasteiger partial charge in [0.1, 0.15) is 0 Å². The van der Waals surface area contributed by atoms with Crippen molar-refractivity contribution in [2.24, 2.45) is 59.2 Å². The van der Waals surface area contributed by atoms with Crippen LogP contribution in [-0.4, -0.2) is 47.8 Å². The molecule has 4 fully saturated rings. The van der Waals surface area contributed by atoms with E-state index in [2.05, 4.69) is 76.7 Å². The summed E-state index contributed by atoms with van der Waals surface area (Å²) in [6.45, 7) is 18.1. The molecule has 4 aliphatic carbocycles. The van der Waals surface area contributed by atoms with E-state index in [1.807, 2.05) is 0 Å². The normalized spacial score (nSPS) is 29.9. The molecule has 8 heteroatoms. The number of hydrogen-bond acceptors (Lipinski definition) is 4. The van der Waals surface area contributed by atoms with E-state index in [-0.39, 0.29) is 60.6 Å². The van der Waals surface area contributed by atoms with Crippen LogP contribution in [-0.2, 0) is 19.2 Å². The Balaban J connectivity index is 1.57. The Bertz CT molecular complexity index is 1130. The molecule has 0 aromatic carbocycles. The van der Waals surface area contributed by atoms with Crippen LogP contribution in [0.15, 0.2) is 0 Å². The molecule has 0 aliphatic heterocycles. The van der Waals surface area contributed by atoms with Crippen LogP contribution in [0, 0.1) is 59.2 Å². The minimum Gasteiger partial charge on any atom is -0.353 e. The number of hydrogen-bond donors (Lipinski definition) is 4. The van der Waals surface area contributed by atoms with Gasteiger partial charge in [0, 0.05) is 37.0 Å². The van der Waals surface area contributed by atoms with Gasteiger partial charge in [0.15, 0.2) is 0 Å². The Morgan fingerprint density at radius 3 is 0.893 bits per heavy atom. The quantitative estimate of drug-likeness (QED) is 0.104. The van der Waals surface area contributed by atoms with Gasteiger partial charge in [0.05, 0.1) is 11.8 Å². The highest BCUT2D eigenvalue weighted by atomic mass is 16.2. The lowest BCUT2D eigenvalue weighted by Gasteiger charge is -2.35. The van der Waals surface area contributed by atoms with Gasteiger partial charge in [0.25, 0.3) is 0 Å². The number of rotatable bonds is 19. The molecule has 4 N–H and O–H groups in total. The van der Waals surface area contributed by atoms with Gasteiger partial charge < -0.3 is 21.3 Å². The van der Waals surface area contributed by atoms with E-state index in [1.165, 1.54) is 25.7 Å². The molecule has 0 aromatic rings. The van der Waals surface area contributed by atoms with E-state index in [9.17, 15) is 19.2 Å². The zero-order valence-electron chi connectivity index (χ0n) is 37.3. The lowest BCUT2D eigenvalue weighted by Crippen LogP contribution is -2.51. The second-order valence-corrected chi connectivity index (χ2v) is 21.2. The Kier molecular flexibility index (Phi) is 19.5. The minimum atomic E-state index is -0.920. The predicted octanol–water partition coefficient (Wildman–Crippen LogP) is 9.88. The zero-order valence-corrected chi connectivity index (χ0v) is 37.3. The molecule has 4 amide bonds. The predicted molar refractivity (Wildman–Crippen MR) is 230 cm³/mol. The lowest BCUT2D eigenvalue weighted by atomic mass is 9.79. The summed E-state index contributed by atoms with van der Waals surface area (Å²) in [7, 11) is 0. The van der Waals surface area contributed by atoms with Crippen LogP contribution >= 0.6 is 0 Å².